The molecule has 0 aliphatic rings. The average molecular weight is 504 g/mol. The number of rotatable bonds is 7. The Morgan fingerprint density at radius 3 is 2.42 bits per heavy atom. The van der Waals surface area contributed by atoms with Crippen LogP contribution in [0.25, 0.3) is 11.0 Å². The first-order valence-electron chi connectivity index (χ1n) is 10.6. The zero-order valence-corrected chi connectivity index (χ0v) is 19.8. The number of para-hydroxylation sites is 1. The van der Waals surface area contributed by atoms with Gasteiger partial charge in [-0.2, -0.15) is 5.26 Å². The molecule has 0 saturated heterocycles. The van der Waals surface area contributed by atoms with Crippen molar-refractivity contribution in [2.45, 2.75) is 25.9 Å². The lowest BCUT2D eigenvalue weighted by atomic mass is 9.88. The Kier molecular flexibility index (Phi) is 6.81. The number of halogens is 1. The van der Waals surface area contributed by atoms with Crippen LogP contribution in [0.5, 0.6) is 11.5 Å². The van der Waals surface area contributed by atoms with Crippen molar-refractivity contribution in [1.82, 2.24) is 0 Å². The number of furan rings is 1. The van der Waals surface area contributed by atoms with Crippen molar-refractivity contribution in [2.24, 2.45) is 5.92 Å². The molecule has 0 saturated carbocycles. The fourth-order valence-electron chi connectivity index (χ4n) is 3.73. The third-order valence-corrected chi connectivity index (χ3v) is 5.68. The lowest BCUT2D eigenvalue weighted by Crippen LogP contribution is -2.22. The fraction of sp³-hybridized carbons (Fsp3) is 0.185. The molecular weight excluding hydrogens is 482 g/mol. The van der Waals surface area contributed by atoms with Gasteiger partial charge in [0.2, 0.25) is 6.10 Å². The van der Waals surface area contributed by atoms with E-state index in [1.807, 2.05) is 68.4 Å². The highest BCUT2D eigenvalue weighted by Crippen LogP contribution is 2.33. The largest absolute Gasteiger partial charge is 0.457 e. The van der Waals surface area contributed by atoms with Gasteiger partial charge >= 0.3 is 5.97 Å². The fourth-order valence-corrected chi connectivity index (χ4v) is 4.15. The first-order valence-corrected chi connectivity index (χ1v) is 11.4. The topological polar surface area (TPSA) is 72.5 Å². The van der Waals surface area contributed by atoms with Gasteiger partial charge in [0.15, 0.2) is 4.67 Å². The van der Waals surface area contributed by atoms with Gasteiger partial charge in [-0.1, -0.05) is 56.3 Å². The standard InChI is InChI=1S/C27H22BrNO4/c1-17(2)26(20-12-11-19-15-25(28)32-23(19)14-20)27(30)33-24(16-29)18-7-6-10-22(13-18)31-21-8-4-3-5-9-21/h3-15,17,24,26H,1-2H3. The Balaban J connectivity index is 1.55. The van der Waals surface area contributed by atoms with Gasteiger partial charge < -0.3 is 13.9 Å². The zero-order valence-electron chi connectivity index (χ0n) is 18.2. The summed E-state index contributed by atoms with van der Waals surface area (Å²) >= 11 is 3.33. The molecule has 4 rings (SSSR count). The SMILES string of the molecule is CC(C)C(C(=O)OC(C#N)c1cccc(Oc2ccccc2)c1)c1ccc2cc(Br)oc2c1. The normalized spacial score (nSPS) is 12.8. The summed E-state index contributed by atoms with van der Waals surface area (Å²) < 4.78 is 17.8. The summed E-state index contributed by atoms with van der Waals surface area (Å²) in [5.74, 6) is 0.193. The average Bonchev–Trinajstić information content (AvgIpc) is 3.17. The molecule has 33 heavy (non-hydrogen) atoms. The minimum Gasteiger partial charge on any atom is -0.457 e. The van der Waals surface area contributed by atoms with Crippen molar-refractivity contribution < 1.29 is 18.7 Å². The van der Waals surface area contributed by atoms with E-state index in [0.717, 1.165) is 10.9 Å². The van der Waals surface area contributed by atoms with Crippen LogP contribution in [0.2, 0.25) is 0 Å². The second-order valence-electron chi connectivity index (χ2n) is 8.00. The molecule has 3 aromatic carbocycles. The molecule has 0 radical (unpaired) electrons. The molecule has 2 unspecified atom stereocenters. The Morgan fingerprint density at radius 1 is 0.939 bits per heavy atom. The van der Waals surface area contributed by atoms with Crippen molar-refractivity contribution in [3.63, 3.8) is 0 Å². The number of ether oxygens (including phenoxy) is 2. The third kappa shape index (κ3) is 5.27. The summed E-state index contributed by atoms with van der Waals surface area (Å²) in [5, 5.41) is 10.7. The van der Waals surface area contributed by atoms with E-state index in [9.17, 15) is 10.1 Å². The number of carbonyl (C=O) groups is 1. The van der Waals surface area contributed by atoms with E-state index in [4.69, 9.17) is 13.9 Å². The van der Waals surface area contributed by atoms with Crippen LogP contribution in [-0.2, 0) is 9.53 Å². The Labute approximate surface area is 200 Å². The number of nitrogens with zero attached hydrogens (tertiary/aromatic N) is 1. The van der Waals surface area contributed by atoms with Gasteiger partial charge in [0.05, 0.1) is 5.92 Å². The lowest BCUT2D eigenvalue weighted by molar-refractivity contribution is -0.150. The molecule has 0 spiro atoms. The van der Waals surface area contributed by atoms with Gasteiger partial charge in [-0.15, -0.1) is 0 Å². The quantitative estimate of drug-likeness (QED) is 0.243. The van der Waals surface area contributed by atoms with Crippen molar-refractivity contribution in [3.05, 3.63) is 94.7 Å². The molecule has 2 atom stereocenters. The summed E-state index contributed by atoms with van der Waals surface area (Å²) in [6.07, 6.45) is -1.06. The lowest BCUT2D eigenvalue weighted by Gasteiger charge is -2.22. The highest BCUT2D eigenvalue weighted by Gasteiger charge is 2.29. The molecule has 0 N–H and O–H groups in total. The number of carbonyl (C=O) groups excluding carboxylic acids is 1. The number of nitriles is 1. The van der Waals surface area contributed by atoms with Gasteiger partial charge in [-0.05, 0) is 63.8 Å². The maximum atomic E-state index is 13.2. The van der Waals surface area contributed by atoms with Gasteiger partial charge in [0, 0.05) is 10.9 Å². The summed E-state index contributed by atoms with van der Waals surface area (Å²) in [6, 6.07) is 26.0. The minimum atomic E-state index is -1.06. The molecule has 0 aliphatic heterocycles. The van der Waals surface area contributed by atoms with Gasteiger partial charge in [-0.3, -0.25) is 4.79 Å². The molecule has 0 bridgehead atoms. The Bertz CT molecular complexity index is 1310. The summed E-state index contributed by atoms with van der Waals surface area (Å²) in [4.78, 5) is 13.2. The number of esters is 1. The van der Waals surface area contributed by atoms with E-state index in [2.05, 4.69) is 22.0 Å². The molecule has 0 amide bonds. The van der Waals surface area contributed by atoms with E-state index in [1.54, 1.807) is 24.3 Å². The van der Waals surface area contributed by atoms with Crippen LogP contribution in [0.4, 0.5) is 0 Å². The Hall–Kier alpha value is -3.56. The number of hydrogen-bond donors (Lipinski definition) is 0. The van der Waals surface area contributed by atoms with Gasteiger partial charge in [0.1, 0.15) is 23.2 Å². The summed E-state index contributed by atoms with van der Waals surface area (Å²) in [7, 11) is 0. The molecule has 4 aromatic rings. The number of fused-ring (bicyclic) bond motifs is 1. The van der Waals surface area contributed by atoms with E-state index in [1.165, 1.54) is 0 Å². The van der Waals surface area contributed by atoms with Crippen LogP contribution in [0, 0.1) is 17.2 Å². The number of benzene rings is 3. The van der Waals surface area contributed by atoms with Crippen LogP contribution in [0.3, 0.4) is 0 Å². The van der Waals surface area contributed by atoms with Crippen molar-refractivity contribution in [2.75, 3.05) is 0 Å². The van der Waals surface area contributed by atoms with E-state index in [0.29, 0.717) is 27.3 Å². The Morgan fingerprint density at radius 2 is 1.70 bits per heavy atom. The van der Waals surface area contributed by atoms with Crippen molar-refractivity contribution >= 4 is 32.9 Å². The van der Waals surface area contributed by atoms with Gasteiger partial charge in [-0.25, -0.2) is 0 Å². The van der Waals surface area contributed by atoms with Crippen LogP contribution >= 0.6 is 15.9 Å². The van der Waals surface area contributed by atoms with E-state index < -0.39 is 18.0 Å². The molecule has 0 aliphatic carbocycles. The smallest absolute Gasteiger partial charge is 0.315 e. The van der Waals surface area contributed by atoms with Crippen molar-refractivity contribution in [3.8, 4) is 17.6 Å². The van der Waals surface area contributed by atoms with Crippen LogP contribution in [0.1, 0.15) is 37.0 Å². The highest BCUT2D eigenvalue weighted by atomic mass is 79.9. The zero-order chi connectivity index (χ0) is 23.4. The predicted molar refractivity (Wildman–Crippen MR) is 129 cm³/mol. The summed E-state index contributed by atoms with van der Waals surface area (Å²) in [5.41, 5.74) is 2.01. The highest BCUT2D eigenvalue weighted by molar-refractivity contribution is 9.10. The van der Waals surface area contributed by atoms with E-state index >= 15 is 0 Å². The minimum absolute atomic E-state index is 0.0413. The molecule has 0 fully saturated rings. The first kappa shape index (κ1) is 22.6. The maximum Gasteiger partial charge on any atom is 0.315 e. The molecule has 1 aromatic heterocycles. The monoisotopic (exact) mass is 503 g/mol. The second kappa shape index (κ2) is 9.93. The molecule has 1 heterocycles. The summed E-state index contributed by atoms with van der Waals surface area (Å²) in [6.45, 7) is 3.90. The first-order chi connectivity index (χ1) is 15.9. The molecule has 5 nitrogen and oxygen atoms in total. The van der Waals surface area contributed by atoms with Crippen LogP contribution in [-0.4, -0.2) is 5.97 Å². The van der Waals surface area contributed by atoms with Gasteiger partial charge in [0.25, 0.3) is 0 Å². The third-order valence-electron chi connectivity index (χ3n) is 5.28. The molecule has 6 heteroatoms. The molecular formula is C27H22BrNO4. The molecule has 166 valence electrons. The maximum absolute atomic E-state index is 13.2. The van der Waals surface area contributed by atoms with Crippen molar-refractivity contribution in [1.29, 1.82) is 5.26 Å². The number of hydrogen-bond acceptors (Lipinski definition) is 5. The van der Waals surface area contributed by atoms with Crippen LogP contribution < -0.4 is 4.74 Å². The van der Waals surface area contributed by atoms with E-state index in [-0.39, 0.29) is 5.92 Å². The van der Waals surface area contributed by atoms with Crippen LogP contribution in [0.15, 0.2) is 87.9 Å². The second-order valence-corrected chi connectivity index (χ2v) is 8.78. The predicted octanol–water partition coefficient (Wildman–Crippen LogP) is 7.54.